The monoisotopic (exact) mass is 402 g/mol. The number of benzene rings is 1. The molecular weight excluding hydrogens is 375 g/mol. The summed E-state index contributed by atoms with van der Waals surface area (Å²) in [6.07, 6.45) is 1.03. The van der Waals surface area contributed by atoms with E-state index in [1.165, 1.54) is 5.56 Å². The van der Waals surface area contributed by atoms with Crippen molar-refractivity contribution in [3.63, 3.8) is 0 Å². The number of hydrogen-bond acceptors (Lipinski definition) is 2. The highest BCUT2D eigenvalue weighted by atomic mass is 127. The van der Waals surface area contributed by atoms with Crippen LogP contribution in [0.5, 0.6) is 0 Å². The van der Waals surface area contributed by atoms with Gasteiger partial charge in [-0.1, -0.05) is 42.5 Å². The Morgan fingerprint density at radius 1 is 1.33 bits per heavy atom. The van der Waals surface area contributed by atoms with Gasteiger partial charge < -0.3 is 16.0 Å². The summed E-state index contributed by atoms with van der Waals surface area (Å²) in [5.74, 6) is 0.499. The summed E-state index contributed by atoms with van der Waals surface area (Å²) in [5.41, 5.74) is 8.10. The zero-order chi connectivity index (χ0) is 14.8. The third kappa shape index (κ3) is 10.3. The first-order chi connectivity index (χ1) is 9.58. The molecule has 1 aromatic rings. The molecule has 0 bridgehead atoms. The molecule has 0 spiro atoms. The van der Waals surface area contributed by atoms with Gasteiger partial charge in [0.1, 0.15) is 0 Å². The van der Waals surface area contributed by atoms with Crippen molar-refractivity contribution in [2.75, 3.05) is 26.7 Å². The molecule has 21 heavy (non-hydrogen) atoms. The van der Waals surface area contributed by atoms with Gasteiger partial charge in [-0.3, -0.25) is 0 Å². The van der Waals surface area contributed by atoms with Crippen molar-refractivity contribution < 1.29 is 0 Å². The van der Waals surface area contributed by atoms with Gasteiger partial charge in [0, 0.05) is 13.1 Å². The van der Waals surface area contributed by atoms with Crippen molar-refractivity contribution in [3.8, 4) is 0 Å². The Kier molecular flexibility index (Phi) is 11.0. The molecule has 0 heterocycles. The van der Waals surface area contributed by atoms with Crippen LogP contribution in [0.1, 0.15) is 18.9 Å². The van der Waals surface area contributed by atoms with Crippen molar-refractivity contribution in [2.24, 2.45) is 10.7 Å². The Hall–Kier alpha value is -1.08. The fourth-order valence-corrected chi connectivity index (χ4v) is 1.82. The lowest BCUT2D eigenvalue weighted by Crippen LogP contribution is -2.34. The molecule has 0 aliphatic heterocycles. The first-order valence-corrected chi connectivity index (χ1v) is 6.98. The third-order valence-corrected chi connectivity index (χ3v) is 2.84. The Morgan fingerprint density at radius 3 is 2.62 bits per heavy atom. The quantitative estimate of drug-likeness (QED) is 0.231. The topological polar surface area (TPSA) is 53.6 Å². The van der Waals surface area contributed by atoms with Gasteiger partial charge in [0.05, 0.1) is 6.54 Å². The maximum atomic E-state index is 5.75. The molecule has 3 N–H and O–H groups in total. The molecule has 0 atom stereocenters. The van der Waals surface area contributed by atoms with E-state index in [1.54, 1.807) is 0 Å². The second-order valence-corrected chi connectivity index (χ2v) is 5.16. The minimum atomic E-state index is 0. The van der Waals surface area contributed by atoms with Crippen LogP contribution < -0.4 is 11.1 Å². The largest absolute Gasteiger partial charge is 0.370 e. The average molecular weight is 402 g/mol. The molecule has 0 aliphatic rings. The van der Waals surface area contributed by atoms with E-state index in [9.17, 15) is 0 Å². The van der Waals surface area contributed by atoms with E-state index in [0.717, 1.165) is 31.6 Å². The summed E-state index contributed by atoms with van der Waals surface area (Å²) in [4.78, 5) is 6.48. The van der Waals surface area contributed by atoms with Gasteiger partial charge >= 0.3 is 0 Å². The highest BCUT2D eigenvalue weighted by Crippen LogP contribution is 2.02. The summed E-state index contributed by atoms with van der Waals surface area (Å²) in [5, 5.41) is 3.12. The molecule has 0 saturated carbocycles. The number of halogens is 1. The minimum absolute atomic E-state index is 0. The van der Waals surface area contributed by atoms with E-state index in [-0.39, 0.29) is 24.0 Å². The standard InChI is InChI=1S/C16H26N4.HI/c1-14(2)12-19-16(17)18-10-7-11-20(3)13-15-8-5-4-6-9-15;/h4-6,8-9H,1,7,10-13H2,2-3H3,(H3,17,18,19);1H. The molecule has 0 aromatic heterocycles. The fraction of sp³-hybridized carbons (Fsp3) is 0.438. The number of nitrogens with zero attached hydrogens (tertiary/aromatic N) is 2. The Bertz CT molecular complexity index is 431. The van der Waals surface area contributed by atoms with E-state index in [1.807, 2.05) is 13.0 Å². The van der Waals surface area contributed by atoms with Gasteiger partial charge in [0.2, 0.25) is 0 Å². The third-order valence-electron chi connectivity index (χ3n) is 2.84. The van der Waals surface area contributed by atoms with Crippen molar-refractivity contribution in [2.45, 2.75) is 19.9 Å². The highest BCUT2D eigenvalue weighted by molar-refractivity contribution is 14.0. The molecule has 4 nitrogen and oxygen atoms in total. The fourth-order valence-electron chi connectivity index (χ4n) is 1.82. The van der Waals surface area contributed by atoms with Crippen LogP contribution in [0.2, 0.25) is 0 Å². The number of aliphatic imine (C=N–C) groups is 1. The molecule has 0 amide bonds. The van der Waals surface area contributed by atoms with Crippen LogP contribution in [0.15, 0.2) is 47.5 Å². The number of nitrogens with two attached hydrogens (primary N) is 1. The predicted octanol–water partition coefficient (Wildman–Crippen LogP) is 2.61. The van der Waals surface area contributed by atoms with E-state index in [4.69, 9.17) is 5.73 Å². The van der Waals surface area contributed by atoms with Gasteiger partial charge in [0.15, 0.2) is 5.96 Å². The van der Waals surface area contributed by atoms with Crippen LogP contribution in [0.3, 0.4) is 0 Å². The summed E-state index contributed by atoms with van der Waals surface area (Å²) in [7, 11) is 2.13. The zero-order valence-electron chi connectivity index (χ0n) is 13.0. The smallest absolute Gasteiger partial charge is 0.188 e. The van der Waals surface area contributed by atoms with Gasteiger partial charge in [-0.05, 0) is 32.5 Å². The van der Waals surface area contributed by atoms with Crippen molar-refractivity contribution in [1.29, 1.82) is 0 Å². The van der Waals surface area contributed by atoms with Crippen LogP contribution in [0.4, 0.5) is 0 Å². The molecule has 0 fully saturated rings. The second-order valence-electron chi connectivity index (χ2n) is 5.16. The summed E-state index contributed by atoms with van der Waals surface area (Å²) in [6.45, 7) is 9.15. The summed E-state index contributed by atoms with van der Waals surface area (Å²) in [6, 6.07) is 10.5. The SMILES string of the molecule is C=C(C)CN=C(N)NCCCN(C)Cc1ccccc1.I. The van der Waals surface area contributed by atoms with E-state index in [0.29, 0.717) is 12.5 Å². The van der Waals surface area contributed by atoms with E-state index in [2.05, 4.69) is 53.1 Å². The van der Waals surface area contributed by atoms with Crippen molar-refractivity contribution >= 4 is 29.9 Å². The van der Waals surface area contributed by atoms with Gasteiger partial charge in [-0.15, -0.1) is 24.0 Å². The molecule has 1 rings (SSSR count). The number of hydrogen-bond donors (Lipinski definition) is 2. The molecular formula is C16H27IN4. The normalized spacial score (nSPS) is 11.1. The lowest BCUT2D eigenvalue weighted by molar-refractivity contribution is 0.322. The van der Waals surface area contributed by atoms with Gasteiger partial charge in [-0.25, -0.2) is 4.99 Å². The van der Waals surface area contributed by atoms with Crippen LogP contribution in [0, 0.1) is 0 Å². The van der Waals surface area contributed by atoms with Gasteiger partial charge in [0.25, 0.3) is 0 Å². The lowest BCUT2D eigenvalue weighted by atomic mass is 10.2. The Labute approximate surface area is 145 Å². The van der Waals surface area contributed by atoms with Crippen molar-refractivity contribution in [1.82, 2.24) is 10.2 Å². The highest BCUT2D eigenvalue weighted by Gasteiger charge is 1.99. The molecule has 0 aliphatic carbocycles. The first kappa shape index (κ1) is 19.9. The molecule has 0 saturated heterocycles. The number of nitrogens with one attached hydrogen (secondary N) is 1. The lowest BCUT2D eigenvalue weighted by Gasteiger charge is -2.16. The molecule has 118 valence electrons. The Morgan fingerprint density at radius 2 is 2.00 bits per heavy atom. The molecule has 1 aromatic carbocycles. The number of guanidine groups is 1. The zero-order valence-corrected chi connectivity index (χ0v) is 15.3. The van der Waals surface area contributed by atoms with Crippen LogP contribution >= 0.6 is 24.0 Å². The average Bonchev–Trinajstić information content (AvgIpc) is 2.42. The van der Waals surface area contributed by atoms with Crippen molar-refractivity contribution in [3.05, 3.63) is 48.0 Å². The maximum absolute atomic E-state index is 5.75. The summed E-state index contributed by atoms with van der Waals surface area (Å²) >= 11 is 0. The van der Waals surface area contributed by atoms with Crippen LogP contribution in [0.25, 0.3) is 0 Å². The van der Waals surface area contributed by atoms with E-state index < -0.39 is 0 Å². The van der Waals surface area contributed by atoms with Crippen LogP contribution in [-0.4, -0.2) is 37.5 Å². The predicted molar refractivity (Wildman–Crippen MR) is 102 cm³/mol. The number of rotatable bonds is 8. The Balaban J connectivity index is 0.00000400. The first-order valence-electron chi connectivity index (χ1n) is 6.98. The molecule has 0 unspecified atom stereocenters. The second kappa shape index (κ2) is 11.6. The summed E-state index contributed by atoms with van der Waals surface area (Å²) < 4.78 is 0. The van der Waals surface area contributed by atoms with E-state index >= 15 is 0 Å². The van der Waals surface area contributed by atoms with Crippen LogP contribution in [-0.2, 0) is 6.54 Å². The van der Waals surface area contributed by atoms with Gasteiger partial charge in [-0.2, -0.15) is 0 Å². The minimum Gasteiger partial charge on any atom is -0.370 e. The molecule has 5 heteroatoms. The molecule has 0 radical (unpaired) electrons. The maximum Gasteiger partial charge on any atom is 0.188 e.